The van der Waals surface area contributed by atoms with E-state index in [0.717, 1.165) is 28.9 Å². The highest BCUT2D eigenvalue weighted by atomic mass is 16.6. The Kier molecular flexibility index (Phi) is 4.57. The zero-order chi connectivity index (χ0) is 21.6. The number of hydrogen-bond donors (Lipinski definition) is 1. The van der Waals surface area contributed by atoms with Gasteiger partial charge in [-0.1, -0.05) is 6.07 Å². The number of rotatable bonds is 4. The van der Waals surface area contributed by atoms with E-state index in [9.17, 15) is 14.4 Å². The number of ether oxygens (including phenoxy) is 3. The number of benzene rings is 2. The largest absolute Gasteiger partial charge is 0.497 e. The van der Waals surface area contributed by atoms with Crippen molar-refractivity contribution in [3.05, 3.63) is 53.1 Å². The van der Waals surface area contributed by atoms with Gasteiger partial charge in [0.15, 0.2) is 17.3 Å². The standard InChI is InChI=1S/C23H22N2O6/c1-29-16-5-6-17-14(11-16)3-2-8-23(17)21(27)25(22(28)24-23)13-18(26)15-4-7-19-20(12-15)31-10-9-30-19/h4-7,11-12H,2-3,8-10,13H2,1H3,(H,24,28). The lowest BCUT2D eigenvalue weighted by Crippen LogP contribution is -2.46. The lowest BCUT2D eigenvalue weighted by atomic mass is 9.76. The van der Waals surface area contributed by atoms with Crippen molar-refractivity contribution in [2.75, 3.05) is 26.9 Å². The highest BCUT2D eigenvalue weighted by Gasteiger charge is 2.54. The van der Waals surface area contributed by atoms with Crippen LogP contribution in [0.25, 0.3) is 0 Å². The van der Waals surface area contributed by atoms with Crippen molar-refractivity contribution < 1.29 is 28.6 Å². The van der Waals surface area contributed by atoms with E-state index >= 15 is 0 Å². The fourth-order valence-corrected chi connectivity index (χ4v) is 4.57. The molecule has 160 valence electrons. The first-order chi connectivity index (χ1) is 15.0. The molecule has 1 spiro atoms. The van der Waals surface area contributed by atoms with Crippen LogP contribution in [-0.2, 0) is 16.8 Å². The molecule has 1 atom stereocenters. The van der Waals surface area contributed by atoms with Crippen molar-refractivity contribution >= 4 is 17.7 Å². The number of hydrogen-bond acceptors (Lipinski definition) is 6. The normalized spacial score (nSPS) is 21.6. The van der Waals surface area contributed by atoms with Gasteiger partial charge in [0.2, 0.25) is 0 Å². The van der Waals surface area contributed by atoms with Crippen molar-refractivity contribution in [2.45, 2.75) is 24.8 Å². The zero-order valence-corrected chi connectivity index (χ0v) is 17.1. The summed E-state index contributed by atoms with van der Waals surface area (Å²) in [6, 6.07) is 9.84. The Morgan fingerprint density at radius 3 is 2.74 bits per heavy atom. The minimum atomic E-state index is -1.13. The summed E-state index contributed by atoms with van der Waals surface area (Å²) in [6.07, 6.45) is 2.04. The maximum Gasteiger partial charge on any atom is 0.325 e. The van der Waals surface area contributed by atoms with Gasteiger partial charge >= 0.3 is 6.03 Å². The summed E-state index contributed by atoms with van der Waals surface area (Å²) in [5.41, 5.74) is 0.968. The molecule has 1 unspecified atom stereocenters. The average Bonchev–Trinajstić information content (AvgIpc) is 3.03. The molecular formula is C23H22N2O6. The summed E-state index contributed by atoms with van der Waals surface area (Å²) in [5, 5.41) is 2.87. The van der Waals surface area contributed by atoms with Gasteiger partial charge in [0.25, 0.3) is 5.91 Å². The van der Waals surface area contributed by atoms with Gasteiger partial charge in [0, 0.05) is 5.56 Å². The second-order valence-corrected chi connectivity index (χ2v) is 7.89. The molecule has 2 aromatic rings. The number of ketones is 1. The zero-order valence-electron chi connectivity index (χ0n) is 17.1. The molecule has 0 saturated carbocycles. The quantitative estimate of drug-likeness (QED) is 0.601. The summed E-state index contributed by atoms with van der Waals surface area (Å²) in [5.74, 6) is 1.03. The van der Waals surface area contributed by atoms with Crippen LogP contribution >= 0.6 is 0 Å². The Morgan fingerprint density at radius 2 is 1.94 bits per heavy atom. The van der Waals surface area contributed by atoms with Crippen molar-refractivity contribution in [2.24, 2.45) is 0 Å². The molecule has 8 heteroatoms. The number of imide groups is 1. The third-order valence-corrected chi connectivity index (χ3v) is 6.11. The van der Waals surface area contributed by atoms with Crippen LogP contribution in [0.5, 0.6) is 17.2 Å². The van der Waals surface area contributed by atoms with Crippen LogP contribution in [0.2, 0.25) is 0 Å². The average molecular weight is 422 g/mol. The molecule has 3 amide bonds. The van der Waals surface area contributed by atoms with E-state index in [4.69, 9.17) is 14.2 Å². The second kappa shape index (κ2) is 7.30. The van der Waals surface area contributed by atoms with Gasteiger partial charge in [-0.2, -0.15) is 0 Å². The van der Waals surface area contributed by atoms with Gasteiger partial charge in [-0.05, 0) is 60.7 Å². The van der Waals surface area contributed by atoms with E-state index in [1.807, 2.05) is 12.1 Å². The predicted molar refractivity (Wildman–Crippen MR) is 110 cm³/mol. The lowest BCUT2D eigenvalue weighted by molar-refractivity contribution is -0.131. The molecule has 8 nitrogen and oxygen atoms in total. The molecule has 1 N–H and O–H groups in total. The molecule has 2 heterocycles. The number of amides is 3. The first kappa shape index (κ1) is 19.4. The van der Waals surface area contributed by atoms with E-state index < -0.39 is 17.5 Å². The molecule has 2 aromatic carbocycles. The SMILES string of the molecule is COc1ccc2c(c1)CCCC21NC(=O)N(CC(=O)c2ccc3c(c2)OCCO3)C1=O. The first-order valence-corrected chi connectivity index (χ1v) is 10.3. The highest BCUT2D eigenvalue weighted by molar-refractivity contribution is 6.11. The van der Waals surface area contributed by atoms with Crippen LogP contribution in [-0.4, -0.2) is 49.5 Å². The molecule has 1 saturated heterocycles. The molecule has 0 radical (unpaired) electrons. The summed E-state index contributed by atoms with van der Waals surface area (Å²) in [6.45, 7) is 0.528. The van der Waals surface area contributed by atoms with Crippen LogP contribution in [0.4, 0.5) is 4.79 Å². The Balaban J connectivity index is 1.41. The molecule has 1 fully saturated rings. The van der Waals surface area contributed by atoms with Crippen LogP contribution in [0.1, 0.15) is 34.3 Å². The van der Waals surface area contributed by atoms with Gasteiger partial charge in [-0.3, -0.25) is 14.5 Å². The van der Waals surface area contributed by atoms with Crippen LogP contribution in [0.3, 0.4) is 0 Å². The molecule has 31 heavy (non-hydrogen) atoms. The maximum absolute atomic E-state index is 13.4. The Hall–Kier alpha value is -3.55. The van der Waals surface area contributed by atoms with Gasteiger partial charge in [-0.15, -0.1) is 0 Å². The number of methoxy groups -OCH3 is 1. The summed E-state index contributed by atoms with van der Waals surface area (Å²) in [4.78, 5) is 40.1. The van der Waals surface area contributed by atoms with Crippen molar-refractivity contribution in [3.8, 4) is 17.2 Å². The fraction of sp³-hybridized carbons (Fsp3) is 0.348. The molecule has 3 aliphatic rings. The van der Waals surface area contributed by atoms with Crippen LogP contribution < -0.4 is 19.5 Å². The predicted octanol–water partition coefficient (Wildman–Crippen LogP) is 2.43. The Morgan fingerprint density at radius 1 is 1.13 bits per heavy atom. The van der Waals surface area contributed by atoms with Crippen molar-refractivity contribution in [3.63, 3.8) is 0 Å². The summed E-state index contributed by atoms with van der Waals surface area (Å²) in [7, 11) is 1.59. The van der Waals surface area contributed by atoms with E-state index in [-0.39, 0.29) is 12.3 Å². The Labute approximate surface area is 179 Å². The van der Waals surface area contributed by atoms with E-state index in [0.29, 0.717) is 42.4 Å². The molecular weight excluding hydrogens is 400 g/mol. The number of nitrogens with one attached hydrogen (secondary N) is 1. The third kappa shape index (κ3) is 3.10. The molecule has 1 aliphatic carbocycles. The topological polar surface area (TPSA) is 94.2 Å². The van der Waals surface area contributed by atoms with Gasteiger partial charge in [-0.25, -0.2) is 4.79 Å². The Bertz CT molecular complexity index is 1100. The smallest absolute Gasteiger partial charge is 0.325 e. The fourth-order valence-electron chi connectivity index (χ4n) is 4.57. The number of nitrogens with zero attached hydrogens (tertiary/aromatic N) is 1. The van der Waals surface area contributed by atoms with E-state index in [1.54, 1.807) is 31.4 Å². The monoisotopic (exact) mass is 422 g/mol. The van der Waals surface area contributed by atoms with Crippen molar-refractivity contribution in [1.82, 2.24) is 10.2 Å². The number of urea groups is 1. The number of carbonyl (C=O) groups is 3. The summed E-state index contributed by atoms with van der Waals surface area (Å²) < 4.78 is 16.3. The molecule has 0 bridgehead atoms. The second-order valence-electron chi connectivity index (χ2n) is 7.89. The number of fused-ring (bicyclic) bond motifs is 3. The summed E-state index contributed by atoms with van der Waals surface area (Å²) >= 11 is 0. The molecule has 0 aromatic heterocycles. The van der Waals surface area contributed by atoms with Crippen LogP contribution in [0.15, 0.2) is 36.4 Å². The molecule has 5 rings (SSSR count). The first-order valence-electron chi connectivity index (χ1n) is 10.3. The number of aryl methyl sites for hydroxylation is 1. The lowest BCUT2D eigenvalue weighted by Gasteiger charge is -2.33. The minimum absolute atomic E-state index is 0.336. The highest BCUT2D eigenvalue weighted by Crippen LogP contribution is 2.41. The van der Waals surface area contributed by atoms with Crippen molar-refractivity contribution in [1.29, 1.82) is 0 Å². The van der Waals surface area contributed by atoms with E-state index in [1.165, 1.54) is 0 Å². The van der Waals surface area contributed by atoms with Gasteiger partial charge in [0.05, 0.1) is 13.7 Å². The number of carbonyl (C=O) groups excluding carboxylic acids is 3. The van der Waals surface area contributed by atoms with Gasteiger partial charge < -0.3 is 19.5 Å². The number of Topliss-reactive ketones (excluding diaryl/α,β-unsaturated/α-hetero) is 1. The van der Waals surface area contributed by atoms with Crippen LogP contribution in [0, 0.1) is 0 Å². The third-order valence-electron chi connectivity index (χ3n) is 6.11. The maximum atomic E-state index is 13.4. The van der Waals surface area contributed by atoms with E-state index in [2.05, 4.69) is 5.32 Å². The van der Waals surface area contributed by atoms with Gasteiger partial charge in [0.1, 0.15) is 24.5 Å². The minimum Gasteiger partial charge on any atom is -0.497 e. The molecule has 2 aliphatic heterocycles.